The third-order valence-electron chi connectivity index (χ3n) is 8.97. The van der Waals surface area contributed by atoms with E-state index in [9.17, 15) is 4.79 Å². The number of aromatic nitrogens is 1. The van der Waals surface area contributed by atoms with Crippen molar-refractivity contribution in [1.82, 2.24) is 10.3 Å². The summed E-state index contributed by atoms with van der Waals surface area (Å²) in [5, 5.41) is 4.41. The van der Waals surface area contributed by atoms with Crippen LogP contribution in [0.25, 0.3) is 22.2 Å². The lowest BCUT2D eigenvalue weighted by molar-refractivity contribution is -0.0687. The number of amides is 1. The summed E-state index contributed by atoms with van der Waals surface area (Å²) in [6.07, 6.45) is 9.19. The maximum absolute atomic E-state index is 13.7. The van der Waals surface area contributed by atoms with E-state index in [2.05, 4.69) is 43.4 Å². The van der Waals surface area contributed by atoms with Crippen LogP contribution in [-0.4, -0.2) is 16.9 Å². The second-order valence-corrected chi connectivity index (χ2v) is 11.1. The van der Waals surface area contributed by atoms with Gasteiger partial charge in [-0.05, 0) is 92.7 Å². The summed E-state index contributed by atoms with van der Waals surface area (Å²) in [5.74, 6) is 2.70. The van der Waals surface area contributed by atoms with Gasteiger partial charge < -0.3 is 5.32 Å². The van der Waals surface area contributed by atoms with Crippen molar-refractivity contribution < 1.29 is 4.79 Å². The quantitative estimate of drug-likeness (QED) is 0.476. The van der Waals surface area contributed by atoms with E-state index >= 15 is 0 Å². The zero-order chi connectivity index (χ0) is 22.6. The zero-order valence-corrected chi connectivity index (χ0v) is 19.8. The van der Waals surface area contributed by atoms with E-state index in [4.69, 9.17) is 4.98 Å². The fraction of sp³-hybridized carbons (Fsp3) is 0.467. The van der Waals surface area contributed by atoms with E-state index in [-0.39, 0.29) is 11.9 Å². The fourth-order valence-corrected chi connectivity index (χ4v) is 7.56. The van der Waals surface area contributed by atoms with Crippen LogP contribution in [0, 0.1) is 23.2 Å². The van der Waals surface area contributed by atoms with Crippen molar-refractivity contribution in [3.05, 3.63) is 65.7 Å². The summed E-state index contributed by atoms with van der Waals surface area (Å²) in [5.41, 5.74) is 5.15. The summed E-state index contributed by atoms with van der Waals surface area (Å²) in [6.45, 7) is 4.43. The van der Waals surface area contributed by atoms with Crippen molar-refractivity contribution >= 4 is 16.8 Å². The molecule has 4 fully saturated rings. The SMILES string of the molecule is CCc1ccc(-c2cc(C(=O)NC(C)C34CC5CC(CC(C5)C3)C4)c3ccccc3n2)cc1. The largest absolute Gasteiger partial charge is 0.349 e. The molecule has 0 saturated heterocycles. The molecule has 4 aliphatic rings. The molecular weight excluding hydrogens is 404 g/mol. The molecule has 33 heavy (non-hydrogen) atoms. The zero-order valence-electron chi connectivity index (χ0n) is 19.8. The molecule has 170 valence electrons. The Kier molecular flexibility index (Phi) is 5.05. The van der Waals surface area contributed by atoms with Gasteiger partial charge in [-0.2, -0.15) is 0 Å². The molecule has 0 aliphatic heterocycles. The van der Waals surface area contributed by atoms with Crippen molar-refractivity contribution in [3.63, 3.8) is 0 Å². The highest BCUT2D eigenvalue weighted by Gasteiger charge is 2.53. The molecule has 3 aromatic rings. The van der Waals surface area contributed by atoms with Gasteiger partial charge in [0.25, 0.3) is 5.91 Å². The molecule has 3 nitrogen and oxygen atoms in total. The predicted molar refractivity (Wildman–Crippen MR) is 134 cm³/mol. The van der Waals surface area contributed by atoms with Crippen LogP contribution in [0.3, 0.4) is 0 Å². The molecule has 2 aromatic carbocycles. The molecule has 1 atom stereocenters. The molecule has 1 aromatic heterocycles. The van der Waals surface area contributed by atoms with Gasteiger partial charge in [-0.15, -0.1) is 0 Å². The number of para-hydroxylation sites is 1. The molecule has 1 amide bonds. The first-order chi connectivity index (χ1) is 16.0. The van der Waals surface area contributed by atoms with Crippen LogP contribution < -0.4 is 5.32 Å². The minimum absolute atomic E-state index is 0.0447. The number of carbonyl (C=O) groups is 1. The Hall–Kier alpha value is -2.68. The molecule has 0 spiro atoms. The minimum atomic E-state index is 0.0447. The topological polar surface area (TPSA) is 42.0 Å². The van der Waals surface area contributed by atoms with Crippen LogP contribution in [0.2, 0.25) is 0 Å². The van der Waals surface area contributed by atoms with Gasteiger partial charge >= 0.3 is 0 Å². The number of carbonyl (C=O) groups excluding carboxylic acids is 1. The van der Waals surface area contributed by atoms with E-state index in [1.165, 1.54) is 44.1 Å². The first-order valence-electron chi connectivity index (χ1n) is 12.8. The van der Waals surface area contributed by atoms with E-state index in [1.807, 2.05) is 30.3 Å². The maximum atomic E-state index is 13.7. The second-order valence-electron chi connectivity index (χ2n) is 11.1. The van der Waals surface area contributed by atoms with Gasteiger partial charge in [0.1, 0.15) is 0 Å². The summed E-state index contributed by atoms with van der Waals surface area (Å²) in [7, 11) is 0. The van der Waals surface area contributed by atoms with Gasteiger partial charge in [0.15, 0.2) is 0 Å². The van der Waals surface area contributed by atoms with E-state index in [0.29, 0.717) is 5.41 Å². The number of nitrogens with one attached hydrogen (secondary N) is 1. The molecule has 7 rings (SSSR count). The number of benzene rings is 2. The number of aryl methyl sites for hydroxylation is 1. The summed E-state index contributed by atoms with van der Waals surface area (Å²) in [6, 6.07) is 18.8. The van der Waals surface area contributed by atoms with Crippen molar-refractivity contribution in [2.45, 2.75) is 64.8 Å². The lowest BCUT2D eigenvalue weighted by atomic mass is 9.48. The van der Waals surface area contributed by atoms with Gasteiger partial charge in [0, 0.05) is 17.0 Å². The molecular formula is C30H34N2O. The third-order valence-corrected chi connectivity index (χ3v) is 8.97. The van der Waals surface area contributed by atoms with Crippen LogP contribution in [0.5, 0.6) is 0 Å². The molecule has 4 bridgehead atoms. The summed E-state index contributed by atoms with van der Waals surface area (Å²) in [4.78, 5) is 18.6. The highest BCUT2D eigenvalue weighted by atomic mass is 16.1. The number of nitrogens with zero attached hydrogens (tertiary/aromatic N) is 1. The Morgan fingerprint density at radius 3 is 2.27 bits per heavy atom. The van der Waals surface area contributed by atoms with Crippen LogP contribution in [0.15, 0.2) is 54.6 Å². The molecule has 1 N–H and O–H groups in total. The lowest BCUT2D eigenvalue weighted by Crippen LogP contribution is -2.55. The Labute approximate surface area is 197 Å². The lowest BCUT2D eigenvalue weighted by Gasteiger charge is -2.59. The minimum Gasteiger partial charge on any atom is -0.349 e. The van der Waals surface area contributed by atoms with Crippen LogP contribution in [0.1, 0.15) is 68.3 Å². The van der Waals surface area contributed by atoms with Crippen LogP contribution >= 0.6 is 0 Å². The van der Waals surface area contributed by atoms with Gasteiger partial charge in [-0.25, -0.2) is 4.98 Å². The van der Waals surface area contributed by atoms with Gasteiger partial charge in [-0.1, -0.05) is 49.4 Å². The molecule has 3 heteroatoms. The standard InChI is InChI=1S/C30H34N2O/c1-3-20-8-10-24(11-9-20)28-15-26(25-6-4-5-7-27(25)32-28)29(33)31-19(2)30-16-21-12-22(17-30)14-23(13-21)18-30/h4-11,15,19,21-23H,3,12-14,16-18H2,1-2H3,(H,31,33). The molecule has 1 heterocycles. The van der Waals surface area contributed by atoms with Gasteiger partial charge in [-0.3, -0.25) is 4.79 Å². The smallest absolute Gasteiger partial charge is 0.252 e. The number of hydrogen-bond acceptors (Lipinski definition) is 2. The van der Waals surface area contributed by atoms with Crippen molar-refractivity contribution in [1.29, 1.82) is 0 Å². The number of fused-ring (bicyclic) bond motifs is 1. The molecule has 0 radical (unpaired) electrons. The summed E-state index contributed by atoms with van der Waals surface area (Å²) >= 11 is 0. The molecule has 4 saturated carbocycles. The Balaban J connectivity index is 1.32. The molecule has 1 unspecified atom stereocenters. The van der Waals surface area contributed by atoms with E-state index in [0.717, 1.165) is 51.9 Å². The first-order valence-corrected chi connectivity index (χ1v) is 12.8. The first kappa shape index (κ1) is 20.9. The fourth-order valence-electron chi connectivity index (χ4n) is 7.56. The Morgan fingerprint density at radius 1 is 1.00 bits per heavy atom. The highest BCUT2D eigenvalue weighted by Crippen LogP contribution is 2.61. The predicted octanol–water partition coefficient (Wildman–Crippen LogP) is 6.80. The average Bonchev–Trinajstić information content (AvgIpc) is 2.82. The van der Waals surface area contributed by atoms with Crippen molar-refractivity contribution in [2.75, 3.05) is 0 Å². The third kappa shape index (κ3) is 3.66. The van der Waals surface area contributed by atoms with Crippen LogP contribution in [0.4, 0.5) is 0 Å². The number of hydrogen-bond donors (Lipinski definition) is 1. The highest BCUT2D eigenvalue weighted by molar-refractivity contribution is 6.07. The Morgan fingerprint density at radius 2 is 1.64 bits per heavy atom. The second kappa shape index (κ2) is 7.97. The normalized spacial score (nSPS) is 28.7. The van der Waals surface area contributed by atoms with Crippen molar-refractivity contribution in [3.8, 4) is 11.3 Å². The number of rotatable bonds is 5. The van der Waals surface area contributed by atoms with Gasteiger partial charge in [0.2, 0.25) is 0 Å². The van der Waals surface area contributed by atoms with Crippen LogP contribution in [-0.2, 0) is 6.42 Å². The number of pyridine rings is 1. The Bertz CT molecular complexity index is 1160. The average molecular weight is 439 g/mol. The van der Waals surface area contributed by atoms with E-state index in [1.54, 1.807) is 0 Å². The maximum Gasteiger partial charge on any atom is 0.252 e. The monoisotopic (exact) mass is 438 g/mol. The van der Waals surface area contributed by atoms with Crippen molar-refractivity contribution in [2.24, 2.45) is 23.2 Å². The summed E-state index contributed by atoms with van der Waals surface area (Å²) < 4.78 is 0. The van der Waals surface area contributed by atoms with E-state index < -0.39 is 0 Å². The van der Waals surface area contributed by atoms with Gasteiger partial charge in [0.05, 0.1) is 16.8 Å². The molecule has 4 aliphatic carbocycles.